The zero-order chi connectivity index (χ0) is 13.8. The average molecular weight is 268 g/mol. The molecule has 18 heavy (non-hydrogen) atoms. The van der Waals surface area contributed by atoms with E-state index in [1.54, 1.807) is 38.1 Å². The van der Waals surface area contributed by atoms with Gasteiger partial charge in [-0.05, 0) is 24.3 Å². The summed E-state index contributed by atoms with van der Waals surface area (Å²) in [4.78, 5) is 0. The van der Waals surface area contributed by atoms with Crippen molar-refractivity contribution < 1.29 is 13.2 Å². The maximum absolute atomic E-state index is 11.0. The standard InChI is InChI=1S/C12H16N2O3S/c1-12(2,9-18(14,15)16)8-17-11-5-3-10(7-13)4-6-11/h3-6H,8-9H2,1-2H3,(H2,14,15,16). The minimum atomic E-state index is -3.52. The number of rotatable bonds is 5. The van der Waals surface area contributed by atoms with Gasteiger partial charge in [-0.15, -0.1) is 0 Å². The summed E-state index contributed by atoms with van der Waals surface area (Å²) in [6.07, 6.45) is 0. The number of nitrogens with zero attached hydrogens (tertiary/aromatic N) is 1. The third kappa shape index (κ3) is 5.17. The molecule has 1 aromatic carbocycles. The van der Waals surface area contributed by atoms with E-state index in [-0.39, 0.29) is 12.4 Å². The van der Waals surface area contributed by atoms with Gasteiger partial charge in [0.05, 0.1) is 24.0 Å². The molecule has 0 amide bonds. The van der Waals surface area contributed by atoms with Gasteiger partial charge in [-0.25, -0.2) is 13.6 Å². The van der Waals surface area contributed by atoms with Crippen LogP contribution >= 0.6 is 0 Å². The molecule has 0 unspecified atom stereocenters. The first-order valence-electron chi connectivity index (χ1n) is 5.35. The molecule has 0 aliphatic carbocycles. The van der Waals surface area contributed by atoms with Crippen LogP contribution in [0.15, 0.2) is 24.3 Å². The number of benzene rings is 1. The highest BCUT2D eigenvalue weighted by Gasteiger charge is 2.24. The van der Waals surface area contributed by atoms with Crippen molar-refractivity contribution in [2.45, 2.75) is 13.8 Å². The van der Waals surface area contributed by atoms with Gasteiger partial charge >= 0.3 is 0 Å². The summed E-state index contributed by atoms with van der Waals surface area (Å²) in [7, 11) is -3.52. The Bertz CT molecular complexity index is 542. The normalized spacial score (nSPS) is 11.9. The van der Waals surface area contributed by atoms with Crippen molar-refractivity contribution in [3.63, 3.8) is 0 Å². The number of nitriles is 1. The van der Waals surface area contributed by atoms with Gasteiger partial charge < -0.3 is 4.74 Å². The molecule has 2 N–H and O–H groups in total. The van der Waals surface area contributed by atoms with E-state index in [1.807, 2.05) is 6.07 Å². The summed E-state index contributed by atoms with van der Waals surface area (Å²) in [5.74, 6) is 0.451. The summed E-state index contributed by atoms with van der Waals surface area (Å²) < 4.78 is 27.5. The molecule has 0 aromatic heterocycles. The van der Waals surface area contributed by atoms with Gasteiger partial charge in [0.1, 0.15) is 5.75 Å². The number of ether oxygens (including phenoxy) is 1. The van der Waals surface area contributed by atoms with Crippen molar-refractivity contribution in [3.05, 3.63) is 29.8 Å². The molecule has 98 valence electrons. The van der Waals surface area contributed by atoms with Gasteiger partial charge in [0.15, 0.2) is 0 Å². The van der Waals surface area contributed by atoms with Crippen molar-refractivity contribution in [2.24, 2.45) is 10.6 Å². The molecule has 6 heteroatoms. The van der Waals surface area contributed by atoms with Crippen LogP contribution < -0.4 is 9.88 Å². The topological polar surface area (TPSA) is 93.2 Å². The van der Waals surface area contributed by atoms with Crippen LogP contribution in [0.2, 0.25) is 0 Å². The largest absolute Gasteiger partial charge is 0.493 e. The van der Waals surface area contributed by atoms with E-state index in [9.17, 15) is 8.42 Å². The quantitative estimate of drug-likeness (QED) is 0.869. The molecule has 0 atom stereocenters. The first kappa shape index (κ1) is 14.5. The highest BCUT2D eigenvalue weighted by Crippen LogP contribution is 2.20. The lowest BCUT2D eigenvalue weighted by atomic mass is 9.98. The fourth-order valence-electron chi connectivity index (χ4n) is 1.49. The fraction of sp³-hybridized carbons (Fsp3) is 0.417. The van der Waals surface area contributed by atoms with Crippen molar-refractivity contribution in [1.29, 1.82) is 5.26 Å². The zero-order valence-electron chi connectivity index (χ0n) is 10.4. The summed E-state index contributed by atoms with van der Waals surface area (Å²) >= 11 is 0. The number of sulfonamides is 1. The van der Waals surface area contributed by atoms with Gasteiger partial charge in [-0.2, -0.15) is 5.26 Å². The number of hydrogen-bond acceptors (Lipinski definition) is 4. The Kier molecular flexibility index (Phi) is 4.33. The van der Waals surface area contributed by atoms with Crippen LogP contribution in [0.4, 0.5) is 0 Å². The lowest BCUT2D eigenvalue weighted by Gasteiger charge is -2.23. The van der Waals surface area contributed by atoms with E-state index in [4.69, 9.17) is 15.1 Å². The van der Waals surface area contributed by atoms with Gasteiger partial charge in [0.25, 0.3) is 0 Å². The third-order valence-electron chi connectivity index (χ3n) is 2.20. The fourth-order valence-corrected chi connectivity index (χ4v) is 2.66. The second-order valence-corrected chi connectivity index (χ2v) is 6.51. The van der Waals surface area contributed by atoms with Crippen molar-refractivity contribution in [1.82, 2.24) is 0 Å². The zero-order valence-corrected chi connectivity index (χ0v) is 11.2. The van der Waals surface area contributed by atoms with Crippen LogP contribution in [0, 0.1) is 16.7 Å². The molecule has 0 radical (unpaired) electrons. The first-order valence-corrected chi connectivity index (χ1v) is 7.07. The first-order chi connectivity index (χ1) is 8.22. The molecule has 0 aliphatic rings. The molecule has 0 fully saturated rings. The van der Waals surface area contributed by atoms with Crippen LogP contribution in [-0.2, 0) is 10.0 Å². The molecule has 1 rings (SSSR count). The lowest BCUT2D eigenvalue weighted by Crippen LogP contribution is -2.33. The van der Waals surface area contributed by atoms with Crippen LogP contribution in [0.1, 0.15) is 19.4 Å². The van der Waals surface area contributed by atoms with Crippen LogP contribution in [-0.4, -0.2) is 20.8 Å². The van der Waals surface area contributed by atoms with Crippen molar-refractivity contribution in [3.8, 4) is 11.8 Å². The smallest absolute Gasteiger partial charge is 0.209 e. The Morgan fingerprint density at radius 2 is 1.89 bits per heavy atom. The molecule has 5 nitrogen and oxygen atoms in total. The Balaban J connectivity index is 2.61. The molecule has 0 spiro atoms. The predicted octanol–water partition coefficient (Wildman–Crippen LogP) is 1.25. The van der Waals surface area contributed by atoms with E-state index in [0.717, 1.165) is 0 Å². The van der Waals surface area contributed by atoms with Gasteiger partial charge in [-0.1, -0.05) is 13.8 Å². The van der Waals surface area contributed by atoms with Gasteiger partial charge in [0.2, 0.25) is 10.0 Å². The molecular formula is C12H16N2O3S. The summed E-state index contributed by atoms with van der Waals surface area (Å²) in [5, 5.41) is 13.7. The second kappa shape index (κ2) is 5.38. The SMILES string of the molecule is CC(C)(COc1ccc(C#N)cc1)CS(N)(=O)=O. The minimum absolute atomic E-state index is 0.143. The van der Waals surface area contributed by atoms with E-state index < -0.39 is 15.4 Å². The summed E-state index contributed by atoms with van der Waals surface area (Å²) in [5.41, 5.74) is -0.0206. The summed E-state index contributed by atoms with van der Waals surface area (Å²) in [6, 6.07) is 8.63. The Hall–Kier alpha value is -1.58. The highest BCUT2D eigenvalue weighted by atomic mass is 32.2. The molecule has 0 heterocycles. The third-order valence-corrected chi connectivity index (χ3v) is 3.39. The van der Waals surface area contributed by atoms with Crippen LogP contribution in [0.5, 0.6) is 5.75 Å². The Labute approximate surface area is 107 Å². The molecule has 0 saturated heterocycles. The minimum Gasteiger partial charge on any atom is -0.493 e. The maximum atomic E-state index is 11.0. The van der Waals surface area contributed by atoms with Crippen LogP contribution in [0.25, 0.3) is 0 Å². The maximum Gasteiger partial charge on any atom is 0.209 e. The number of primary sulfonamides is 1. The van der Waals surface area contributed by atoms with E-state index >= 15 is 0 Å². The number of hydrogen-bond donors (Lipinski definition) is 1. The Morgan fingerprint density at radius 3 is 2.33 bits per heavy atom. The van der Waals surface area contributed by atoms with E-state index in [1.165, 1.54) is 0 Å². The predicted molar refractivity (Wildman–Crippen MR) is 68.4 cm³/mol. The highest BCUT2D eigenvalue weighted by molar-refractivity contribution is 7.89. The Morgan fingerprint density at radius 1 is 1.33 bits per heavy atom. The van der Waals surface area contributed by atoms with E-state index in [2.05, 4.69) is 0 Å². The number of nitrogens with two attached hydrogens (primary N) is 1. The summed E-state index contributed by atoms with van der Waals surface area (Å²) in [6.45, 7) is 3.76. The molecular weight excluding hydrogens is 252 g/mol. The second-order valence-electron chi connectivity index (χ2n) is 4.90. The van der Waals surface area contributed by atoms with Crippen molar-refractivity contribution >= 4 is 10.0 Å². The van der Waals surface area contributed by atoms with E-state index in [0.29, 0.717) is 11.3 Å². The molecule has 0 saturated carbocycles. The molecule has 0 aliphatic heterocycles. The van der Waals surface area contributed by atoms with Gasteiger partial charge in [-0.3, -0.25) is 0 Å². The average Bonchev–Trinajstić information content (AvgIpc) is 2.24. The lowest BCUT2D eigenvalue weighted by molar-refractivity contribution is 0.200. The van der Waals surface area contributed by atoms with Gasteiger partial charge in [0, 0.05) is 5.41 Å². The molecule has 1 aromatic rings. The molecule has 0 bridgehead atoms. The van der Waals surface area contributed by atoms with Crippen molar-refractivity contribution in [2.75, 3.05) is 12.4 Å². The monoisotopic (exact) mass is 268 g/mol. The van der Waals surface area contributed by atoms with Crippen LogP contribution in [0.3, 0.4) is 0 Å².